The van der Waals surface area contributed by atoms with Crippen molar-refractivity contribution in [1.82, 2.24) is 4.90 Å². The van der Waals surface area contributed by atoms with E-state index < -0.39 is 5.41 Å². The highest BCUT2D eigenvalue weighted by atomic mass is 19.1. The van der Waals surface area contributed by atoms with Crippen molar-refractivity contribution in [2.75, 3.05) is 25.0 Å². The largest absolute Gasteiger partial charge is 0.325 e. The van der Waals surface area contributed by atoms with Crippen LogP contribution in [0.5, 0.6) is 0 Å². The fourth-order valence-electron chi connectivity index (χ4n) is 3.13. The fraction of sp³-hybridized carbons (Fsp3) is 0.500. The molecular formula is C14H17FN2O. The lowest BCUT2D eigenvalue weighted by molar-refractivity contribution is -0.122. The Hall–Kier alpha value is -1.42. The van der Waals surface area contributed by atoms with Gasteiger partial charge in [0.2, 0.25) is 5.91 Å². The first-order chi connectivity index (χ1) is 8.65. The molecule has 1 spiro atoms. The summed E-state index contributed by atoms with van der Waals surface area (Å²) in [5.41, 5.74) is 1.14. The Balaban J connectivity index is 1.98. The van der Waals surface area contributed by atoms with Crippen LogP contribution in [0.2, 0.25) is 0 Å². The number of hydrogen-bond acceptors (Lipinski definition) is 2. The van der Waals surface area contributed by atoms with E-state index in [0.717, 1.165) is 43.7 Å². The summed E-state index contributed by atoms with van der Waals surface area (Å²) >= 11 is 0. The van der Waals surface area contributed by atoms with Crippen LogP contribution >= 0.6 is 0 Å². The number of nitrogens with zero attached hydrogens (tertiary/aromatic N) is 1. The highest BCUT2D eigenvalue weighted by molar-refractivity contribution is 6.06. The van der Waals surface area contributed by atoms with Crippen LogP contribution < -0.4 is 5.32 Å². The van der Waals surface area contributed by atoms with E-state index in [1.165, 1.54) is 12.1 Å². The smallest absolute Gasteiger partial charge is 0.235 e. The van der Waals surface area contributed by atoms with Crippen molar-refractivity contribution in [2.24, 2.45) is 0 Å². The van der Waals surface area contributed by atoms with Crippen LogP contribution in [-0.4, -0.2) is 30.4 Å². The maximum atomic E-state index is 13.4. The Morgan fingerprint density at radius 2 is 2.11 bits per heavy atom. The first-order valence-corrected chi connectivity index (χ1v) is 6.49. The second-order valence-electron chi connectivity index (χ2n) is 5.16. The van der Waals surface area contributed by atoms with Crippen LogP contribution in [0.15, 0.2) is 18.2 Å². The molecule has 2 aliphatic heterocycles. The molecule has 3 nitrogen and oxygen atoms in total. The molecule has 18 heavy (non-hydrogen) atoms. The van der Waals surface area contributed by atoms with Crippen molar-refractivity contribution in [3.8, 4) is 0 Å². The van der Waals surface area contributed by atoms with Crippen LogP contribution in [0.4, 0.5) is 10.1 Å². The zero-order chi connectivity index (χ0) is 12.8. The molecule has 0 unspecified atom stereocenters. The molecule has 0 aliphatic carbocycles. The molecule has 2 heterocycles. The second kappa shape index (κ2) is 4.05. The number of piperidine rings is 1. The number of hydrogen-bond donors (Lipinski definition) is 1. The fourth-order valence-corrected chi connectivity index (χ4v) is 3.13. The number of halogens is 1. The van der Waals surface area contributed by atoms with Crippen LogP contribution in [0.25, 0.3) is 0 Å². The Morgan fingerprint density at radius 1 is 1.39 bits per heavy atom. The summed E-state index contributed by atoms with van der Waals surface area (Å²) in [6, 6.07) is 4.59. The summed E-state index contributed by atoms with van der Waals surface area (Å²) in [6.07, 6.45) is 1.56. The third-order valence-corrected chi connectivity index (χ3v) is 4.34. The van der Waals surface area contributed by atoms with Gasteiger partial charge in [-0.15, -0.1) is 0 Å². The maximum absolute atomic E-state index is 13.4. The molecule has 1 aromatic carbocycles. The van der Waals surface area contributed by atoms with E-state index in [-0.39, 0.29) is 11.7 Å². The van der Waals surface area contributed by atoms with Crippen LogP contribution in [0.3, 0.4) is 0 Å². The minimum atomic E-state index is -0.497. The molecule has 1 saturated heterocycles. The summed E-state index contributed by atoms with van der Waals surface area (Å²) < 4.78 is 13.4. The predicted molar refractivity (Wildman–Crippen MR) is 68.1 cm³/mol. The van der Waals surface area contributed by atoms with Crippen LogP contribution in [0.1, 0.15) is 25.3 Å². The van der Waals surface area contributed by atoms with E-state index in [1.807, 2.05) is 0 Å². The van der Waals surface area contributed by atoms with E-state index in [2.05, 4.69) is 17.1 Å². The molecule has 0 bridgehead atoms. The predicted octanol–water partition coefficient (Wildman–Crippen LogP) is 2.13. The SMILES string of the molecule is CCN1CCC2(CC1)C(=O)Nc1ccc(F)cc12. The molecule has 0 aromatic heterocycles. The van der Waals surface area contributed by atoms with E-state index in [1.54, 1.807) is 6.07 Å². The van der Waals surface area contributed by atoms with Crippen LogP contribution in [0, 0.1) is 5.82 Å². The van der Waals surface area contributed by atoms with Gasteiger partial charge in [-0.1, -0.05) is 6.92 Å². The van der Waals surface area contributed by atoms with Crippen LogP contribution in [-0.2, 0) is 10.2 Å². The number of amides is 1. The number of anilines is 1. The molecular weight excluding hydrogens is 231 g/mol. The van der Waals surface area contributed by atoms with E-state index >= 15 is 0 Å². The van der Waals surface area contributed by atoms with Gasteiger partial charge in [0.25, 0.3) is 0 Å². The Morgan fingerprint density at radius 3 is 2.78 bits per heavy atom. The molecule has 96 valence electrons. The average Bonchev–Trinajstić information content (AvgIpc) is 2.64. The summed E-state index contributed by atoms with van der Waals surface area (Å²) in [4.78, 5) is 14.6. The van der Waals surface area contributed by atoms with Crippen molar-refractivity contribution in [2.45, 2.75) is 25.2 Å². The summed E-state index contributed by atoms with van der Waals surface area (Å²) in [6.45, 7) is 4.94. The number of likely N-dealkylation sites (tertiary alicyclic amines) is 1. The molecule has 3 rings (SSSR count). The first kappa shape index (κ1) is 11.7. The molecule has 1 N–H and O–H groups in total. The van der Waals surface area contributed by atoms with Crippen molar-refractivity contribution < 1.29 is 9.18 Å². The van der Waals surface area contributed by atoms with Gasteiger partial charge < -0.3 is 10.2 Å². The normalized spacial score (nSPS) is 22.0. The standard InChI is InChI=1S/C14H17FN2O/c1-2-17-7-5-14(6-8-17)11-9-10(15)3-4-12(11)16-13(14)18/h3-4,9H,2,5-8H2,1H3,(H,16,18). The molecule has 1 fully saturated rings. The summed E-state index contributed by atoms with van der Waals surface area (Å²) in [5, 5.41) is 2.89. The molecule has 2 aliphatic rings. The molecule has 0 saturated carbocycles. The lowest BCUT2D eigenvalue weighted by Crippen LogP contribution is -2.46. The molecule has 4 heteroatoms. The number of carbonyl (C=O) groups excluding carboxylic acids is 1. The quantitative estimate of drug-likeness (QED) is 0.825. The minimum Gasteiger partial charge on any atom is -0.325 e. The second-order valence-corrected chi connectivity index (χ2v) is 5.16. The zero-order valence-electron chi connectivity index (χ0n) is 10.5. The lowest BCUT2D eigenvalue weighted by atomic mass is 9.73. The van der Waals surface area contributed by atoms with E-state index in [4.69, 9.17) is 0 Å². The van der Waals surface area contributed by atoms with Crippen molar-refractivity contribution in [3.05, 3.63) is 29.6 Å². The average molecular weight is 248 g/mol. The topological polar surface area (TPSA) is 32.3 Å². The van der Waals surface area contributed by atoms with E-state index in [9.17, 15) is 9.18 Å². The van der Waals surface area contributed by atoms with Gasteiger partial charge in [0.1, 0.15) is 5.82 Å². The van der Waals surface area contributed by atoms with Crippen molar-refractivity contribution in [3.63, 3.8) is 0 Å². The van der Waals surface area contributed by atoms with Gasteiger partial charge in [-0.3, -0.25) is 4.79 Å². The van der Waals surface area contributed by atoms with Gasteiger partial charge in [0, 0.05) is 5.69 Å². The third-order valence-electron chi connectivity index (χ3n) is 4.34. The van der Waals surface area contributed by atoms with Gasteiger partial charge in [-0.2, -0.15) is 0 Å². The highest BCUT2D eigenvalue weighted by Gasteiger charge is 2.48. The van der Waals surface area contributed by atoms with Gasteiger partial charge in [-0.05, 0) is 56.2 Å². The lowest BCUT2D eigenvalue weighted by Gasteiger charge is -2.37. The molecule has 1 aromatic rings. The van der Waals surface area contributed by atoms with Gasteiger partial charge >= 0.3 is 0 Å². The van der Waals surface area contributed by atoms with Gasteiger partial charge in [0.05, 0.1) is 5.41 Å². The Labute approximate surface area is 106 Å². The Bertz CT molecular complexity index is 493. The first-order valence-electron chi connectivity index (χ1n) is 6.49. The molecule has 0 atom stereocenters. The Kier molecular flexibility index (Phi) is 2.63. The zero-order valence-corrected chi connectivity index (χ0v) is 10.5. The van der Waals surface area contributed by atoms with Crippen molar-refractivity contribution in [1.29, 1.82) is 0 Å². The number of fused-ring (bicyclic) bond motifs is 2. The monoisotopic (exact) mass is 248 g/mol. The summed E-state index contributed by atoms with van der Waals surface area (Å²) in [7, 11) is 0. The van der Waals surface area contributed by atoms with E-state index in [0.29, 0.717) is 0 Å². The van der Waals surface area contributed by atoms with Gasteiger partial charge in [0.15, 0.2) is 0 Å². The molecule has 0 radical (unpaired) electrons. The number of nitrogens with one attached hydrogen (secondary N) is 1. The highest BCUT2D eigenvalue weighted by Crippen LogP contribution is 2.44. The summed E-state index contributed by atoms with van der Waals surface area (Å²) in [5.74, 6) is -0.221. The third kappa shape index (κ3) is 1.56. The number of benzene rings is 1. The van der Waals surface area contributed by atoms with Crippen molar-refractivity contribution >= 4 is 11.6 Å². The number of rotatable bonds is 1. The molecule has 1 amide bonds. The van der Waals surface area contributed by atoms with Gasteiger partial charge in [-0.25, -0.2) is 4.39 Å². The minimum absolute atomic E-state index is 0.0406. The maximum Gasteiger partial charge on any atom is 0.235 e. The number of carbonyl (C=O) groups is 1.